The zero-order valence-electron chi connectivity index (χ0n) is 14.3. The van der Waals surface area contributed by atoms with Gasteiger partial charge in [-0.25, -0.2) is 0 Å². The van der Waals surface area contributed by atoms with Gasteiger partial charge in [0.1, 0.15) is 11.6 Å². The van der Waals surface area contributed by atoms with Crippen LogP contribution in [0.5, 0.6) is 0 Å². The second-order valence-electron chi connectivity index (χ2n) is 6.87. The number of nitrogens with one attached hydrogen (secondary N) is 1. The average molecular weight is 330 g/mol. The molecule has 1 aliphatic heterocycles. The average Bonchev–Trinajstić information content (AvgIpc) is 3.00. The second kappa shape index (κ2) is 6.93. The lowest BCUT2D eigenvalue weighted by Gasteiger charge is -2.35. The van der Waals surface area contributed by atoms with Crippen molar-refractivity contribution < 1.29 is 14.7 Å². The van der Waals surface area contributed by atoms with E-state index in [4.69, 9.17) is 0 Å². The number of fused-ring (bicyclic) bond motifs is 1. The Morgan fingerprint density at radius 1 is 1.33 bits per heavy atom. The minimum Gasteiger partial charge on any atom is -0.383 e. The fraction of sp³-hybridized carbons (Fsp3) is 0.579. The van der Waals surface area contributed by atoms with Gasteiger partial charge >= 0.3 is 0 Å². The van der Waals surface area contributed by atoms with Gasteiger partial charge in [-0.05, 0) is 43.2 Å². The van der Waals surface area contributed by atoms with Crippen LogP contribution in [-0.4, -0.2) is 41.0 Å². The maximum absolute atomic E-state index is 12.6. The Bertz CT molecular complexity index is 631. The third kappa shape index (κ3) is 3.18. The van der Waals surface area contributed by atoms with Crippen LogP contribution in [0.3, 0.4) is 0 Å². The van der Waals surface area contributed by atoms with Crippen molar-refractivity contribution in [2.24, 2.45) is 0 Å². The normalized spacial score (nSPS) is 24.6. The van der Waals surface area contributed by atoms with Crippen molar-refractivity contribution in [1.82, 2.24) is 10.2 Å². The van der Waals surface area contributed by atoms with Crippen LogP contribution >= 0.6 is 0 Å². The number of hydrogen-bond donors (Lipinski definition) is 2. The molecule has 2 amide bonds. The van der Waals surface area contributed by atoms with E-state index in [-0.39, 0.29) is 18.4 Å². The van der Waals surface area contributed by atoms with Gasteiger partial charge < -0.3 is 15.3 Å². The van der Waals surface area contributed by atoms with Crippen LogP contribution in [0.25, 0.3) is 0 Å². The van der Waals surface area contributed by atoms with E-state index in [2.05, 4.69) is 5.32 Å². The monoisotopic (exact) mass is 330 g/mol. The van der Waals surface area contributed by atoms with E-state index in [9.17, 15) is 14.7 Å². The summed E-state index contributed by atoms with van der Waals surface area (Å²) >= 11 is 0. The molecule has 1 aliphatic carbocycles. The molecule has 2 atom stereocenters. The zero-order valence-corrected chi connectivity index (χ0v) is 14.3. The molecule has 0 bridgehead atoms. The Kier molecular flexibility index (Phi) is 4.90. The minimum absolute atomic E-state index is 0.0544. The van der Waals surface area contributed by atoms with E-state index in [1.54, 1.807) is 4.90 Å². The first-order valence-corrected chi connectivity index (χ1v) is 8.93. The van der Waals surface area contributed by atoms with Crippen molar-refractivity contribution >= 4 is 11.8 Å². The molecule has 3 rings (SSSR count). The summed E-state index contributed by atoms with van der Waals surface area (Å²) in [5.74, 6) is -0.108. The van der Waals surface area contributed by atoms with Gasteiger partial charge in [-0.15, -0.1) is 0 Å². The summed E-state index contributed by atoms with van der Waals surface area (Å²) in [6, 6.07) is 7.47. The first kappa shape index (κ1) is 17.0. The third-order valence-electron chi connectivity index (χ3n) is 5.29. The van der Waals surface area contributed by atoms with Crippen molar-refractivity contribution in [3.63, 3.8) is 0 Å². The van der Waals surface area contributed by atoms with Crippen molar-refractivity contribution in [2.45, 2.75) is 57.1 Å². The quantitative estimate of drug-likeness (QED) is 0.864. The molecule has 5 nitrogen and oxygen atoms in total. The smallest absolute Gasteiger partial charge is 0.242 e. The Balaban J connectivity index is 1.68. The molecule has 0 radical (unpaired) electrons. The molecule has 1 aromatic carbocycles. The van der Waals surface area contributed by atoms with Crippen molar-refractivity contribution in [2.75, 3.05) is 13.1 Å². The molecule has 2 aliphatic rings. The van der Waals surface area contributed by atoms with Crippen LogP contribution in [-0.2, 0) is 21.6 Å². The fourth-order valence-electron chi connectivity index (χ4n) is 3.98. The predicted octanol–water partition coefficient (Wildman–Crippen LogP) is 1.73. The number of nitrogens with zero attached hydrogens (tertiary/aromatic N) is 1. The van der Waals surface area contributed by atoms with Crippen LogP contribution in [0.2, 0.25) is 0 Å². The van der Waals surface area contributed by atoms with Gasteiger partial charge in [0.05, 0.1) is 6.54 Å². The number of aliphatic hydroxyl groups is 1. The molecule has 2 N–H and O–H groups in total. The molecule has 1 saturated heterocycles. The standard InChI is InChI=1S/C19H26N2O3/c1-2-16(21-12-6-10-17(21)22)18(23)20-13-19(24)11-5-8-14-7-3-4-9-15(14)19/h3-4,7,9,16,24H,2,5-6,8,10-13H2,1H3,(H,20,23). The highest BCUT2D eigenvalue weighted by Crippen LogP contribution is 2.34. The summed E-state index contributed by atoms with van der Waals surface area (Å²) in [4.78, 5) is 26.2. The first-order chi connectivity index (χ1) is 11.5. The number of carbonyl (C=O) groups excluding carboxylic acids is 2. The first-order valence-electron chi connectivity index (χ1n) is 8.93. The molecule has 130 valence electrons. The van der Waals surface area contributed by atoms with Crippen LogP contribution in [0.1, 0.15) is 50.2 Å². The molecule has 24 heavy (non-hydrogen) atoms. The van der Waals surface area contributed by atoms with Gasteiger partial charge in [0.25, 0.3) is 0 Å². The van der Waals surface area contributed by atoms with Gasteiger partial charge in [0, 0.05) is 13.0 Å². The molecule has 1 fully saturated rings. The minimum atomic E-state index is -1.02. The van der Waals surface area contributed by atoms with Crippen molar-refractivity contribution in [1.29, 1.82) is 0 Å². The van der Waals surface area contributed by atoms with Crippen LogP contribution in [0.15, 0.2) is 24.3 Å². The summed E-state index contributed by atoms with van der Waals surface area (Å²) in [6.45, 7) is 2.76. The molecule has 0 aromatic heterocycles. The van der Waals surface area contributed by atoms with Crippen molar-refractivity contribution in [3.8, 4) is 0 Å². The van der Waals surface area contributed by atoms with Crippen LogP contribution < -0.4 is 5.32 Å². The summed E-state index contributed by atoms with van der Waals surface area (Å²) in [5, 5.41) is 13.9. The maximum atomic E-state index is 12.6. The highest BCUT2D eigenvalue weighted by molar-refractivity contribution is 5.88. The number of hydrogen-bond acceptors (Lipinski definition) is 3. The van der Waals surface area contributed by atoms with Gasteiger partial charge in [-0.1, -0.05) is 31.2 Å². The second-order valence-corrected chi connectivity index (χ2v) is 6.87. The van der Waals surface area contributed by atoms with E-state index in [0.717, 1.165) is 30.4 Å². The van der Waals surface area contributed by atoms with E-state index < -0.39 is 11.6 Å². The van der Waals surface area contributed by atoms with Gasteiger partial charge in [-0.2, -0.15) is 0 Å². The van der Waals surface area contributed by atoms with E-state index in [1.165, 1.54) is 0 Å². The maximum Gasteiger partial charge on any atom is 0.242 e. The number of benzene rings is 1. The Hall–Kier alpha value is -1.88. The molecule has 2 unspecified atom stereocenters. The molecule has 5 heteroatoms. The molecular formula is C19H26N2O3. The third-order valence-corrected chi connectivity index (χ3v) is 5.29. The zero-order chi connectivity index (χ0) is 17.2. The summed E-state index contributed by atoms with van der Waals surface area (Å²) < 4.78 is 0. The van der Waals surface area contributed by atoms with E-state index in [1.807, 2.05) is 31.2 Å². The van der Waals surface area contributed by atoms with Gasteiger partial charge in [0.15, 0.2) is 0 Å². The highest BCUT2D eigenvalue weighted by Gasteiger charge is 2.36. The molecule has 0 spiro atoms. The molecule has 0 saturated carbocycles. The lowest BCUT2D eigenvalue weighted by molar-refractivity contribution is -0.138. The molecular weight excluding hydrogens is 304 g/mol. The summed E-state index contributed by atoms with van der Waals surface area (Å²) in [5.41, 5.74) is 1.06. The Morgan fingerprint density at radius 3 is 2.83 bits per heavy atom. The van der Waals surface area contributed by atoms with Gasteiger partial charge in [-0.3, -0.25) is 9.59 Å². The number of amides is 2. The van der Waals surface area contributed by atoms with Crippen LogP contribution in [0, 0.1) is 0 Å². The van der Waals surface area contributed by atoms with E-state index in [0.29, 0.717) is 25.8 Å². The van der Waals surface area contributed by atoms with E-state index >= 15 is 0 Å². The SMILES string of the molecule is CCC(C(=O)NCC1(O)CCCc2ccccc21)N1CCCC1=O. The number of carbonyl (C=O) groups is 2. The summed E-state index contributed by atoms with van der Waals surface area (Å²) in [6.07, 6.45) is 4.45. The number of rotatable bonds is 5. The summed E-state index contributed by atoms with van der Waals surface area (Å²) in [7, 11) is 0. The Morgan fingerprint density at radius 2 is 2.12 bits per heavy atom. The molecule has 1 heterocycles. The topological polar surface area (TPSA) is 69.6 Å². The van der Waals surface area contributed by atoms with Crippen LogP contribution in [0.4, 0.5) is 0 Å². The van der Waals surface area contributed by atoms with Gasteiger partial charge in [0.2, 0.25) is 11.8 Å². The Labute approximate surface area is 143 Å². The molecule has 1 aromatic rings. The van der Waals surface area contributed by atoms with Crippen molar-refractivity contribution in [3.05, 3.63) is 35.4 Å². The largest absolute Gasteiger partial charge is 0.383 e. The lowest BCUT2D eigenvalue weighted by atomic mass is 9.79. The fourth-order valence-corrected chi connectivity index (χ4v) is 3.98. The number of likely N-dealkylation sites (tertiary alicyclic amines) is 1. The lowest BCUT2D eigenvalue weighted by Crippen LogP contribution is -2.51. The number of aryl methyl sites for hydroxylation is 1. The highest BCUT2D eigenvalue weighted by atomic mass is 16.3. The predicted molar refractivity (Wildman–Crippen MR) is 91.3 cm³/mol.